The van der Waals surface area contributed by atoms with Gasteiger partial charge in [-0.15, -0.1) is 23.1 Å². The van der Waals surface area contributed by atoms with E-state index in [4.69, 9.17) is 0 Å². The summed E-state index contributed by atoms with van der Waals surface area (Å²) in [6, 6.07) is 3.27. The van der Waals surface area contributed by atoms with Gasteiger partial charge in [-0.05, 0) is 31.7 Å². The second kappa shape index (κ2) is 5.48. The molecule has 0 atom stereocenters. The zero-order chi connectivity index (χ0) is 14.0. The minimum Gasteiger partial charge on any atom is -0.263 e. The molecule has 0 aromatic carbocycles. The average Bonchev–Trinajstić information content (AvgIpc) is 2.70. The van der Waals surface area contributed by atoms with Gasteiger partial charge in [-0.25, -0.2) is 18.4 Å². The molecule has 19 heavy (non-hydrogen) atoms. The molecule has 1 N–H and O–H groups in total. The number of sulfonamides is 1. The number of rotatable bonds is 4. The van der Waals surface area contributed by atoms with Crippen molar-refractivity contribution in [3.8, 4) is 0 Å². The Kier molecular flexibility index (Phi) is 4.12. The molecule has 0 unspecified atom stereocenters. The predicted octanol–water partition coefficient (Wildman–Crippen LogP) is 2.68. The molecule has 102 valence electrons. The number of aryl methyl sites for hydroxylation is 2. The Morgan fingerprint density at radius 1 is 1.26 bits per heavy atom. The molecule has 0 spiro atoms. The smallest absolute Gasteiger partial charge is 0.263 e. The molecule has 2 aromatic heterocycles. The Balaban J connectivity index is 2.30. The van der Waals surface area contributed by atoms with Crippen molar-refractivity contribution in [1.29, 1.82) is 0 Å². The van der Waals surface area contributed by atoms with E-state index < -0.39 is 10.0 Å². The highest BCUT2D eigenvalue weighted by atomic mass is 32.2. The lowest BCUT2D eigenvalue weighted by molar-refractivity contribution is 0.603. The van der Waals surface area contributed by atoms with E-state index in [1.54, 1.807) is 12.1 Å². The molecule has 0 fully saturated rings. The van der Waals surface area contributed by atoms with Crippen molar-refractivity contribution in [1.82, 2.24) is 9.97 Å². The van der Waals surface area contributed by atoms with Crippen LogP contribution in [0.5, 0.6) is 0 Å². The van der Waals surface area contributed by atoms with Crippen LogP contribution in [0.3, 0.4) is 0 Å². The van der Waals surface area contributed by atoms with Crippen LogP contribution in [-0.4, -0.2) is 24.6 Å². The molecule has 0 radical (unpaired) electrons. The fraction of sp³-hybridized carbons (Fsp3) is 0.273. The van der Waals surface area contributed by atoms with Gasteiger partial charge in [0.05, 0.1) is 0 Å². The van der Waals surface area contributed by atoms with Gasteiger partial charge in [-0.1, -0.05) is 0 Å². The molecule has 0 aliphatic rings. The van der Waals surface area contributed by atoms with Gasteiger partial charge in [-0.3, -0.25) is 4.72 Å². The van der Waals surface area contributed by atoms with Gasteiger partial charge < -0.3 is 0 Å². The lowest BCUT2D eigenvalue weighted by atomic mass is 10.3. The van der Waals surface area contributed by atoms with Crippen LogP contribution in [0, 0.1) is 13.8 Å². The van der Waals surface area contributed by atoms with Crippen LogP contribution in [0.25, 0.3) is 0 Å². The second-order valence-electron chi connectivity index (χ2n) is 3.86. The maximum atomic E-state index is 12.2. The van der Waals surface area contributed by atoms with Crippen LogP contribution in [-0.2, 0) is 10.0 Å². The minimum atomic E-state index is -3.57. The second-order valence-corrected chi connectivity index (χ2v) is 7.85. The number of aromatic nitrogens is 2. The van der Waals surface area contributed by atoms with E-state index in [0.29, 0.717) is 9.24 Å². The first kappa shape index (κ1) is 14.3. The van der Waals surface area contributed by atoms with E-state index >= 15 is 0 Å². The van der Waals surface area contributed by atoms with Crippen LogP contribution in [0.15, 0.2) is 27.7 Å². The van der Waals surface area contributed by atoms with E-state index in [2.05, 4.69) is 14.7 Å². The summed E-state index contributed by atoms with van der Waals surface area (Å²) < 4.78 is 27.2. The summed E-state index contributed by atoms with van der Waals surface area (Å²) in [7, 11) is -3.57. The Hall–Kier alpha value is -1.12. The van der Waals surface area contributed by atoms with Gasteiger partial charge in [0.25, 0.3) is 10.0 Å². The van der Waals surface area contributed by atoms with Gasteiger partial charge in [-0.2, -0.15) is 0 Å². The van der Waals surface area contributed by atoms with Crippen molar-refractivity contribution in [2.24, 2.45) is 0 Å². The van der Waals surface area contributed by atoms with Gasteiger partial charge in [0.15, 0.2) is 0 Å². The van der Waals surface area contributed by atoms with Crippen LogP contribution in [0.1, 0.15) is 10.4 Å². The van der Waals surface area contributed by atoms with E-state index in [9.17, 15) is 8.42 Å². The third kappa shape index (κ3) is 3.26. The number of anilines is 1. The summed E-state index contributed by atoms with van der Waals surface area (Å²) in [5.41, 5.74) is 0.970. The molecule has 2 aromatic rings. The molecule has 5 nitrogen and oxygen atoms in total. The van der Waals surface area contributed by atoms with Crippen molar-refractivity contribution in [3.05, 3.63) is 28.9 Å². The van der Waals surface area contributed by atoms with Crippen molar-refractivity contribution in [2.75, 3.05) is 11.0 Å². The number of nitrogens with zero attached hydrogens (tertiary/aromatic N) is 2. The highest BCUT2D eigenvalue weighted by Crippen LogP contribution is 2.26. The highest BCUT2D eigenvalue weighted by Gasteiger charge is 2.18. The Morgan fingerprint density at radius 3 is 2.58 bits per heavy atom. The van der Waals surface area contributed by atoms with Gasteiger partial charge >= 0.3 is 0 Å². The summed E-state index contributed by atoms with van der Waals surface area (Å²) in [6.45, 7) is 3.79. The van der Waals surface area contributed by atoms with Gasteiger partial charge in [0.2, 0.25) is 0 Å². The lowest BCUT2D eigenvalue weighted by Gasteiger charge is -2.05. The largest absolute Gasteiger partial charge is 0.272 e. The van der Waals surface area contributed by atoms with Crippen molar-refractivity contribution in [3.63, 3.8) is 0 Å². The SMILES string of the molecule is CSc1cc(NS(=O)(=O)c2cc(C)c(C)s2)ncn1. The molecule has 0 amide bonds. The van der Waals surface area contributed by atoms with Crippen LogP contribution in [0.4, 0.5) is 5.82 Å². The van der Waals surface area contributed by atoms with Gasteiger partial charge in [0, 0.05) is 10.9 Å². The lowest BCUT2D eigenvalue weighted by Crippen LogP contribution is -2.12. The summed E-state index contributed by atoms with van der Waals surface area (Å²) >= 11 is 2.68. The first-order chi connectivity index (χ1) is 8.92. The first-order valence-electron chi connectivity index (χ1n) is 5.38. The number of thioether (sulfide) groups is 1. The summed E-state index contributed by atoms with van der Waals surface area (Å²) in [5.74, 6) is 0.281. The maximum absolute atomic E-state index is 12.2. The van der Waals surface area contributed by atoms with Crippen LogP contribution in [0.2, 0.25) is 0 Å². The third-order valence-corrected chi connectivity index (χ3v) is 6.12. The van der Waals surface area contributed by atoms with Crippen molar-refractivity contribution in [2.45, 2.75) is 23.1 Å². The average molecular weight is 315 g/mol. The van der Waals surface area contributed by atoms with E-state index in [1.807, 2.05) is 20.1 Å². The molecular formula is C11H13N3O2S3. The molecule has 2 rings (SSSR count). The molecule has 0 bridgehead atoms. The number of nitrogens with one attached hydrogen (secondary N) is 1. The Labute approximate surface area is 120 Å². The maximum Gasteiger partial charge on any atom is 0.272 e. The first-order valence-corrected chi connectivity index (χ1v) is 8.90. The van der Waals surface area contributed by atoms with Crippen LogP contribution >= 0.6 is 23.1 Å². The van der Waals surface area contributed by atoms with E-state index in [-0.39, 0.29) is 5.82 Å². The van der Waals surface area contributed by atoms with E-state index in [0.717, 1.165) is 10.4 Å². The van der Waals surface area contributed by atoms with Crippen molar-refractivity contribution >= 4 is 38.9 Å². The monoisotopic (exact) mass is 315 g/mol. The standard InChI is InChI=1S/C11H13N3O2S3/c1-7-4-11(18-8(7)2)19(15,16)14-9-5-10(17-3)13-6-12-9/h4-6H,1-3H3,(H,12,13,14). The number of thiophene rings is 1. The Morgan fingerprint density at radius 2 is 2.00 bits per heavy atom. The topological polar surface area (TPSA) is 72.0 Å². The molecule has 0 saturated carbocycles. The number of hydrogen-bond acceptors (Lipinski definition) is 6. The van der Waals surface area contributed by atoms with Crippen LogP contribution < -0.4 is 4.72 Å². The minimum absolute atomic E-state index is 0.281. The normalized spacial score (nSPS) is 11.5. The fourth-order valence-corrected chi connectivity index (χ4v) is 4.26. The van der Waals surface area contributed by atoms with Crippen molar-refractivity contribution < 1.29 is 8.42 Å². The molecule has 8 heteroatoms. The number of hydrogen-bond donors (Lipinski definition) is 1. The third-order valence-electron chi connectivity index (χ3n) is 2.50. The summed E-state index contributed by atoms with van der Waals surface area (Å²) in [6.07, 6.45) is 3.21. The zero-order valence-electron chi connectivity index (χ0n) is 10.7. The molecule has 2 heterocycles. The molecule has 0 aliphatic heterocycles. The molecular weight excluding hydrogens is 302 g/mol. The molecule has 0 aliphatic carbocycles. The van der Waals surface area contributed by atoms with E-state index in [1.165, 1.54) is 29.4 Å². The highest BCUT2D eigenvalue weighted by molar-refractivity contribution is 7.98. The molecule has 0 saturated heterocycles. The fourth-order valence-electron chi connectivity index (χ4n) is 1.37. The predicted molar refractivity (Wildman–Crippen MR) is 78.4 cm³/mol. The zero-order valence-corrected chi connectivity index (χ0v) is 13.1. The Bertz CT molecular complexity index is 675. The van der Waals surface area contributed by atoms with Gasteiger partial charge in [0.1, 0.15) is 21.4 Å². The quantitative estimate of drug-likeness (QED) is 0.694. The summed E-state index contributed by atoms with van der Waals surface area (Å²) in [5, 5.41) is 0.714. The summed E-state index contributed by atoms with van der Waals surface area (Å²) in [4.78, 5) is 8.91.